The monoisotopic (exact) mass is 354 g/mol. The van der Waals surface area contributed by atoms with E-state index in [1.165, 1.54) is 0 Å². The fourth-order valence-electron chi connectivity index (χ4n) is 3.05. The summed E-state index contributed by atoms with van der Waals surface area (Å²) < 4.78 is 16.3. The Morgan fingerprint density at radius 3 is 2.50 bits per heavy atom. The molecule has 0 unspecified atom stereocenters. The van der Waals surface area contributed by atoms with Crippen molar-refractivity contribution in [3.05, 3.63) is 58.6 Å². The quantitative estimate of drug-likeness (QED) is 0.725. The molecule has 0 bridgehead atoms. The van der Waals surface area contributed by atoms with Gasteiger partial charge in [-0.25, -0.2) is 0 Å². The van der Waals surface area contributed by atoms with Crippen LogP contribution in [0, 0.1) is 13.8 Å². The van der Waals surface area contributed by atoms with Crippen LogP contribution >= 0.6 is 0 Å². The van der Waals surface area contributed by atoms with Crippen molar-refractivity contribution >= 4 is 0 Å². The molecule has 2 aromatic heterocycles. The molecule has 1 saturated carbocycles. The lowest BCUT2D eigenvalue weighted by atomic mass is 9.77. The van der Waals surface area contributed by atoms with Crippen LogP contribution in [0.3, 0.4) is 0 Å². The minimum absolute atomic E-state index is 0.391. The molecule has 0 atom stereocenters. The van der Waals surface area contributed by atoms with Crippen molar-refractivity contribution in [3.8, 4) is 5.75 Å². The molecule has 4 rings (SSSR count). The maximum Gasteiger partial charge on any atom is 0.231 e. The van der Waals surface area contributed by atoms with Gasteiger partial charge in [0.05, 0.1) is 23.2 Å². The van der Waals surface area contributed by atoms with E-state index >= 15 is 0 Å². The summed E-state index contributed by atoms with van der Waals surface area (Å²) in [7, 11) is 0. The highest BCUT2D eigenvalue weighted by molar-refractivity contribution is 5.29. The predicted octanol–water partition coefficient (Wildman–Crippen LogP) is 3.18. The van der Waals surface area contributed by atoms with E-state index in [0.717, 1.165) is 47.6 Å². The standard InChI is InChI=1S/C19H22N4O3/c1-12-16(13(2)25-22-12)11-24-15-6-4-14(5-7-15)10-17-21-18(23-26-17)19(20)8-3-9-19/h4-7H,3,8-11,20H2,1-2H3. The molecule has 1 aromatic carbocycles. The first kappa shape index (κ1) is 16.8. The molecule has 1 aliphatic rings. The number of ether oxygens (including phenoxy) is 1. The van der Waals surface area contributed by atoms with Crippen molar-refractivity contribution in [2.75, 3.05) is 0 Å². The average molecular weight is 354 g/mol. The van der Waals surface area contributed by atoms with Gasteiger partial charge in [-0.1, -0.05) is 22.4 Å². The number of benzene rings is 1. The second kappa shape index (κ2) is 6.57. The predicted molar refractivity (Wildman–Crippen MR) is 93.6 cm³/mol. The Labute approximate surface area is 151 Å². The van der Waals surface area contributed by atoms with Crippen LogP contribution in [0.1, 0.15) is 53.6 Å². The van der Waals surface area contributed by atoms with Gasteiger partial charge in [0.15, 0.2) is 5.82 Å². The van der Waals surface area contributed by atoms with Gasteiger partial charge in [-0.15, -0.1) is 0 Å². The van der Waals surface area contributed by atoms with Gasteiger partial charge in [-0.3, -0.25) is 0 Å². The van der Waals surface area contributed by atoms with Crippen molar-refractivity contribution in [1.29, 1.82) is 0 Å². The lowest BCUT2D eigenvalue weighted by Crippen LogP contribution is -2.44. The van der Waals surface area contributed by atoms with Crippen LogP contribution in [0.5, 0.6) is 5.75 Å². The van der Waals surface area contributed by atoms with Gasteiger partial charge in [0.25, 0.3) is 0 Å². The first-order valence-corrected chi connectivity index (χ1v) is 8.79. The van der Waals surface area contributed by atoms with Gasteiger partial charge in [-0.2, -0.15) is 4.98 Å². The van der Waals surface area contributed by atoms with Crippen molar-refractivity contribution in [1.82, 2.24) is 15.3 Å². The van der Waals surface area contributed by atoms with Crippen LogP contribution in [0.25, 0.3) is 0 Å². The molecule has 0 spiro atoms. The molecule has 0 aliphatic heterocycles. The number of aryl methyl sites for hydroxylation is 2. The largest absolute Gasteiger partial charge is 0.489 e. The van der Waals surface area contributed by atoms with Crippen LogP contribution in [0.4, 0.5) is 0 Å². The lowest BCUT2D eigenvalue weighted by Gasteiger charge is -2.34. The number of rotatable bonds is 6. The van der Waals surface area contributed by atoms with Crippen LogP contribution in [-0.4, -0.2) is 15.3 Å². The summed E-state index contributed by atoms with van der Waals surface area (Å²) in [6.07, 6.45) is 3.54. The van der Waals surface area contributed by atoms with Crippen LogP contribution in [0.15, 0.2) is 33.3 Å². The molecule has 26 heavy (non-hydrogen) atoms. The molecule has 2 N–H and O–H groups in total. The third kappa shape index (κ3) is 3.22. The topological polar surface area (TPSA) is 100 Å². The third-order valence-electron chi connectivity index (χ3n) is 5.00. The van der Waals surface area contributed by atoms with Crippen LogP contribution < -0.4 is 10.5 Å². The Bertz CT molecular complexity index is 874. The van der Waals surface area contributed by atoms with Crippen LogP contribution in [0.2, 0.25) is 0 Å². The third-order valence-corrected chi connectivity index (χ3v) is 5.00. The van der Waals surface area contributed by atoms with Crippen LogP contribution in [-0.2, 0) is 18.6 Å². The highest BCUT2D eigenvalue weighted by atomic mass is 16.5. The molecule has 0 amide bonds. The zero-order valence-electron chi connectivity index (χ0n) is 15.0. The molecule has 3 aromatic rings. The van der Waals surface area contributed by atoms with E-state index in [4.69, 9.17) is 19.5 Å². The number of hydrogen-bond acceptors (Lipinski definition) is 7. The number of hydrogen-bond donors (Lipinski definition) is 1. The first-order valence-electron chi connectivity index (χ1n) is 8.79. The van der Waals surface area contributed by atoms with E-state index < -0.39 is 5.54 Å². The Morgan fingerprint density at radius 2 is 1.88 bits per heavy atom. The van der Waals surface area contributed by atoms with Gasteiger partial charge in [-0.05, 0) is 50.8 Å². The van der Waals surface area contributed by atoms with E-state index in [9.17, 15) is 0 Å². The summed E-state index contributed by atoms with van der Waals surface area (Å²) in [5, 5.41) is 7.98. The van der Waals surface area contributed by atoms with E-state index in [0.29, 0.717) is 24.7 Å². The van der Waals surface area contributed by atoms with Crippen molar-refractivity contribution < 1.29 is 13.8 Å². The van der Waals surface area contributed by atoms with Gasteiger partial charge in [0.1, 0.15) is 18.1 Å². The summed E-state index contributed by atoms with van der Waals surface area (Å²) in [5.41, 5.74) is 8.76. The summed E-state index contributed by atoms with van der Waals surface area (Å²) in [6.45, 7) is 4.23. The molecule has 1 fully saturated rings. The van der Waals surface area contributed by atoms with Gasteiger partial charge >= 0.3 is 0 Å². The average Bonchev–Trinajstić information content (AvgIpc) is 3.20. The van der Waals surface area contributed by atoms with E-state index in [1.54, 1.807) is 0 Å². The van der Waals surface area contributed by atoms with Crippen molar-refractivity contribution in [3.63, 3.8) is 0 Å². The minimum Gasteiger partial charge on any atom is -0.489 e. The van der Waals surface area contributed by atoms with Gasteiger partial charge in [0.2, 0.25) is 5.89 Å². The van der Waals surface area contributed by atoms with Gasteiger partial charge in [0, 0.05) is 0 Å². The Morgan fingerprint density at radius 1 is 1.12 bits per heavy atom. The Hall–Kier alpha value is -2.67. The maximum absolute atomic E-state index is 6.23. The SMILES string of the molecule is Cc1noc(C)c1COc1ccc(Cc2nc(C3(N)CCC3)no2)cc1. The molecule has 1 aliphatic carbocycles. The Kier molecular flexibility index (Phi) is 4.24. The minimum atomic E-state index is -0.391. The summed E-state index contributed by atoms with van der Waals surface area (Å²) in [4.78, 5) is 4.46. The highest BCUT2D eigenvalue weighted by Crippen LogP contribution is 2.37. The second-order valence-electron chi connectivity index (χ2n) is 6.93. The number of nitrogens with two attached hydrogens (primary N) is 1. The first-order chi connectivity index (χ1) is 12.5. The molecule has 2 heterocycles. The molecule has 7 heteroatoms. The fourth-order valence-corrected chi connectivity index (χ4v) is 3.05. The number of aromatic nitrogens is 3. The molecular formula is C19H22N4O3. The molecule has 7 nitrogen and oxygen atoms in total. The summed E-state index contributed by atoms with van der Waals surface area (Å²) in [6, 6.07) is 7.85. The van der Waals surface area contributed by atoms with E-state index in [-0.39, 0.29) is 0 Å². The molecule has 0 radical (unpaired) electrons. The lowest BCUT2D eigenvalue weighted by molar-refractivity contribution is 0.229. The Balaban J connectivity index is 1.37. The summed E-state index contributed by atoms with van der Waals surface area (Å²) >= 11 is 0. The van der Waals surface area contributed by atoms with Crippen molar-refractivity contribution in [2.45, 2.75) is 51.7 Å². The zero-order chi connectivity index (χ0) is 18.1. The molecule has 0 saturated heterocycles. The highest BCUT2D eigenvalue weighted by Gasteiger charge is 2.38. The summed E-state index contributed by atoms with van der Waals surface area (Å²) in [5.74, 6) is 2.78. The molecule has 136 valence electrons. The van der Waals surface area contributed by atoms with Crippen molar-refractivity contribution in [2.24, 2.45) is 5.73 Å². The maximum atomic E-state index is 6.23. The zero-order valence-corrected chi connectivity index (χ0v) is 15.0. The normalized spacial score (nSPS) is 15.7. The number of nitrogens with zero attached hydrogens (tertiary/aromatic N) is 3. The second-order valence-corrected chi connectivity index (χ2v) is 6.93. The fraction of sp³-hybridized carbons (Fsp3) is 0.421. The van der Waals surface area contributed by atoms with E-state index in [1.807, 2.05) is 38.1 Å². The molecular weight excluding hydrogens is 332 g/mol. The van der Waals surface area contributed by atoms with Gasteiger partial charge < -0.3 is 19.5 Å². The van der Waals surface area contributed by atoms with E-state index in [2.05, 4.69) is 15.3 Å². The smallest absolute Gasteiger partial charge is 0.231 e.